The van der Waals surface area contributed by atoms with Crippen LogP contribution in [0.2, 0.25) is 0 Å². The van der Waals surface area contributed by atoms with Crippen molar-refractivity contribution in [3.63, 3.8) is 0 Å². The van der Waals surface area contributed by atoms with Crippen LogP contribution in [0.5, 0.6) is 17.2 Å². The van der Waals surface area contributed by atoms with Gasteiger partial charge in [-0.1, -0.05) is 36.4 Å². The van der Waals surface area contributed by atoms with Crippen LogP contribution >= 0.6 is 0 Å². The molecule has 0 aromatic heterocycles. The lowest BCUT2D eigenvalue weighted by molar-refractivity contribution is -0.0473. The summed E-state index contributed by atoms with van der Waals surface area (Å²) in [5.74, 6) is 1.45. The van der Waals surface area contributed by atoms with Gasteiger partial charge in [0, 0.05) is 24.3 Å². The second kappa shape index (κ2) is 10.2. The van der Waals surface area contributed by atoms with Gasteiger partial charge >= 0.3 is 15.5 Å². The quantitative estimate of drug-likeness (QED) is 0.392. The Kier molecular flexibility index (Phi) is 7.21. The highest BCUT2D eigenvalue weighted by atomic mass is 32.2. The van der Waals surface area contributed by atoms with Crippen LogP contribution in [-0.4, -0.2) is 27.0 Å². The second-order valence-corrected chi connectivity index (χ2v) is 10.1. The molecular formula is C26H24F3N2O4S+. The van der Waals surface area contributed by atoms with Gasteiger partial charge in [-0.3, -0.25) is 0 Å². The van der Waals surface area contributed by atoms with Crippen molar-refractivity contribution in [2.24, 2.45) is 5.73 Å². The molecule has 1 atom stereocenters. The summed E-state index contributed by atoms with van der Waals surface area (Å²) in [6, 6.07) is 22.0. The number of rotatable bonds is 8. The molecule has 3 aromatic carbocycles. The van der Waals surface area contributed by atoms with Crippen LogP contribution in [0.4, 0.5) is 18.9 Å². The van der Waals surface area contributed by atoms with E-state index in [1.165, 1.54) is 36.4 Å². The highest BCUT2D eigenvalue weighted by Gasteiger charge is 2.61. The molecule has 0 fully saturated rings. The predicted molar refractivity (Wildman–Crippen MR) is 132 cm³/mol. The average Bonchev–Trinajstić information content (AvgIpc) is 2.88. The summed E-state index contributed by atoms with van der Waals surface area (Å²) in [6.07, 6.45) is 3.93. The minimum Gasteiger partial charge on any atom is -0.489 e. The molecule has 0 spiro atoms. The normalized spacial score (nSPS) is 17.9. The number of nitrogens with zero attached hydrogens (tertiary/aromatic N) is 1. The Morgan fingerprint density at radius 3 is 2.03 bits per heavy atom. The molecule has 0 bridgehead atoms. The Morgan fingerprint density at radius 1 is 0.861 bits per heavy atom. The molecular weight excluding hydrogens is 493 g/mol. The highest BCUT2D eigenvalue weighted by molar-refractivity contribution is 7.91. The Morgan fingerprint density at radius 2 is 1.44 bits per heavy atom. The first-order valence-electron chi connectivity index (χ1n) is 11.0. The maximum Gasteiger partial charge on any atom is 0.550 e. The van der Waals surface area contributed by atoms with E-state index in [0.29, 0.717) is 23.9 Å². The maximum atomic E-state index is 13.6. The van der Waals surface area contributed by atoms with Crippen molar-refractivity contribution in [2.75, 3.05) is 13.1 Å². The van der Waals surface area contributed by atoms with Crippen LogP contribution in [0.3, 0.4) is 0 Å². The first-order valence-corrected chi connectivity index (χ1v) is 12.4. The van der Waals surface area contributed by atoms with E-state index >= 15 is 0 Å². The number of sulfonamides is 1. The lowest BCUT2D eigenvalue weighted by atomic mass is 10.2. The van der Waals surface area contributed by atoms with E-state index in [-0.39, 0.29) is 17.8 Å². The molecule has 10 heteroatoms. The molecule has 0 radical (unpaired) electrons. The molecule has 0 aliphatic carbocycles. The number of nitrogens with two attached hydrogens (primary N) is 1. The largest absolute Gasteiger partial charge is 0.550 e. The standard InChI is InChI=1S/C26H24F3N2O4S/c27-26(28,29)36(32,33)31(16-4-7-21(17-30)18-31)22-8-10-24(11-9-22)35-25-14-12-23(13-15-25)34-19-20-5-2-1-3-6-20/h1-15,18H,16-17,19,30H2/q+1. The third-order valence-electron chi connectivity index (χ3n) is 5.62. The van der Waals surface area contributed by atoms with Crippen molar-refractivity contribution >= 4 is 15.7 Å². The highest BCUT2D eigenvalue weighted by Crippen LogP contribution is 2.40. The smallest absolute Gasteiger partial charge is 0.489 e. The summed E-state index contributed by atoms with van der Waals surface area (Å²) in [6.45, 7) is -0.106. The number of ether oxygens (including phenoxy) is 2. The summed E-state index contributed by atoms with van der Waals surface area (Å²) < 4.78 is 76.2. The summed E-state index contributed by atoms with van der Waals surface area (Å²) in [5, 5.41) is 0. The zero-order chi connectivity index (χ0) is 25.8. The van der Waals surface area contributed by atoms with E-state index in [1.807, 2.05) is 30.3 Å². The van der Waals surface area contributed by atoms with Gasteiger partial charge in [-0.15, -0.1) is 3.89 Å². The number of benzene rings is 3. The topological polar surface area (TPSA) is 78.6 Å². The molecule has 188 valence electrons. The Bertz CT molecular complexity index is 1360. The molecule has 36 heavy (non-hydrogen) atoms. The number of hydrogen-bond donors (Lipinski definition) is 1. The van der Waals surface area contributed by atoms with Crippen molar-refractivity contribution in [1.29, 1.82) is 0 Å². The molecule has 1 unspecified atom stereocenters. The van der Waals surface area contributed by atoms with Gasteiger partial charge in [0.15, 0.2) is 5.69 Å². The minimum atomic E-state index is -5.66. The number of halogens is 3. The van der Waals surface area contributed by atoms with Crippen LogP contribution in [0.1, 0.15) is 5.56 Å². The van der Waals surface area contributed by atoms with Crippen molar-refractivity contribution in [3.8, 4) is 17.2 Å². The average molecular weight is 518 g/mol. The third-order valence-corrected chi connectivity index (χ3v) is 7.53. The summed E-state index contributed by atoms with van der Waals surface area (Å²) in [4.78, 5) is 0. The summed E-state index contributed by atoms with van der Waals surface area (Å²) in [5.41, 5.74) is 1.35. The Balaban J connectivity index is 1.52. The van der Waals surface area contributed by atoms with Gasteiger partial charge < -0.3 is 15.2 Å². The van der Waals surface area contributed by atoms with Crippen molar-refractivity contribution < 1.29 is 31.1 Å². The molecule has 0 amide bonds. The van der Waals surface area contributed by atoms with Crippen molar-refractivity contribution in [2.45, 2.75) is 12.1 Å². The van der Waals surface area contributed by atoms with Gasteiger partial charge in [-0.2, -0.15) is 21.6 Å². The molecule has 1 aliphatic heterocycles. The minimum absolute atomic E-state index is 0.0837. The van der Waals surface area contributed by atoms with E-state index in [0.717, 1.165) is 11.8 Å². The fourth-order valence-corrected chi connectivity index (χ4v) is 5.09. The van der Waals surface area contributed by atoms with Crippen molar-refractivity contribution in [3.05, 3.63) is 108 Å². The molecule has 1 heterocycles. The fourth-order valence-electron chi connectivity index (χ4n) is 3.76. The third kappa shape index (κ3) is 5.15. The van der Waals surface area contributed by atoms with Gasteiger partial charge in [-0.05, 0) is 48.0 Å². The van der Waals surface area contributed by atoms with Gasteiger partial charge in [0.2, 0.25) is 0 Å². The van der Waals surface area contributed by atoms with Gasteiger partial charge in [0.05, 0.1) is 0 Å². The molecule has 2 N–H and O–H groups in total. The monoisotopic (exact) mass is 517 g/mol. The zero-order valence-electron chi connectivity index (χ0n) is 19.1. The van der Waals surface area contributed by atoms with Gasteiger partial charge in [0.25, 0.3) is 0 Å². The van der Waals surface area contributed by atoms with Gasteiger partial charge in [0.1, 0.15) is 36.6 Å². The first kappa shape index (κ1) is 25.5. The molecule has 0 saturated carbocycles. The lowest BCUT2D eigenvalue weighted by Crippen LogP contribution is -2.56. The van der Waals surface area contributed by atoms with Crippen LogP contribution in [0, 0.1) is 0 Å². The van der Waals surface area contributed by atoms with Crippen LogP contribution in [0.25, 0.3) is 0 Å². The van der Waals surface area contributed by atoms with Crippen LogP contribution in [-0.2, 0) is 16.6 Å². The number of quaternary nitrogens is 1. The Hall–Kier alpha value is -3.60. The Labute approximate surface area is 207 Å². The SMILES string of the molecule is NCC1=C[N+](c2ccc(Oc3ccc(OCc4ccccc4)cc3)cc2)(S(=O)(=O)C(F)(F)F)CC=C1. The molecule has 4 rings (SSSR count). The van der Waals surface area contributed by atoms with E-state index in [4.69, 9.17) is 15.2 Å². The lowest BCUT2D eigenvalue weighted by Gasteiger charge is -2.34. The molecule has 1 aliphatic rings. The van der Waals surface area contributed by atoms with Crippen molar-refractivity contribution in [1.82, 2.24) is 3.89 Å². The van der Waals surface area contributed by atoms with Crippen LogP contribution in [0.15, 0.2) is 103 Å². The fraction of sp³-hybridized carbons (Fsp3) is 0.154. The zero-order valence-corrected chi connectivity index (χ0v) is 19.9. The number of alkyl halides is 3. The first-order chi connectivity index (χ1) is 17.1. The summed E-state index contributed by atoms with van der Waals surface area (Å²) >= 11 is 0. The second-order valence-electron chi connectivity index (χ2n) is 8.05. The summed E-state index contributed by atoms with van der Waals surface area (Å²) in [7, 11) is -5.66. The van der Waals surface area contributed by atoms with E-state index < -0.39 is 26.0 Å². The molecule has 0 saturated heterocycles. The van der Waals surface area contributed by atoms with Gasteiger partial charge in [-0.25, -0.2) is 0 Å². The number of hydrogen-bond acceptors (Lipinski definition) is 5. The maximum absolute atomic E-state index is 13.6. The molecule has 3 aromatic rings. The van der Waals surface area contributed by atoms with E-state index in [2.05, 4.69) is 0 Å². The predicted octanol–water partition coefficient (Wildman–Crippen LogP) is 5.63. The van der Waals surface area contributed by atoms with E-state index in [9.17, 15) is 21.6 Å². The van der Waals surface area contributed by atoms with Crippen LogP contribution < -0.4 is 19.1 Å². The van der Waals surface area contributed by atoms with E-state index in [1.54, 1.807) is 24.3 Å². The molecule has 6 nitrogen and oxygen atoms in total.